The van der Waals surface area contributed by atoms with E-state index < -0.39 is 5.60 Å². The van der Waals surface area contributed by atoms with Crippen LogP contribution >= 0.6 is 0 Å². The molecule has 5 nitrogen and oxygen atoms in total. The Kier molecular flexibility index (Phi) is 2.77. The van der Waals surface area contributed by atoms with Crippen molar-refractivity contribution >= 4 is 23.0 Å². The number of ether oxygens (including phenoxy) is 1. The maximum atomic E-state index is 12.1. The van der Waals surface area contributed by atoms with E-state index in [0.29, 0.717) is 22.5 Å². The molecule has 0 radical (unpaired) electrons. The summed E-state index contributed by atoms with van der Waals surface area (Å²) in [6, 6.07) is 5.31. The van der Waals surface area contributed by atoms with Gasteiger partial charge in [0.2, 0.25) is 5.95 Å². The smallest absolute Gasteiger partial charge is 0.340 e. The van der Waals surface area contributed by atoms with Gasteiger partial charge in [0.15, 0.2) is 0 Å². The van der Waals surface area contributed by atoms with Crippen molar-refractivity contribution in [1.82, 2.24) is 9.55 Å². The first-order chi connectivity index (χ1) is 8.29. The van der Waals surface area contributed by atoms with E-state index in [1.165, 1.54) is 0 Å². The second kappa shape index (κ2) is 4.01. The zero-order valence-electron chi connectivity index (χ0n) is 11.0. The van der Waals surface area contributed by atoms with Crippen LogP contribution in [0.15, 0.2) is 18.2 Å². The molecule has 0 saturated heterocycles. The number of nitrogens with zero attached hydrogens (tertiary/aromatic N) is 2. The number of anilines is 1. The third-order valence-corrected chi connectivity index (χ3v) is 2.55. The molecule has 0 aliphatic rings. The number of para-hydroxylation sites is 1. The highest BCUT2D eigenvalue weighted by atomic mass is 16.6. The molecule has 18 heavy (non-hydrogen) atoms. The molecular formula is C13H17N3O2. The first-order valence-corrected chi connectivity index (χ1v) is 5.74. The first kappa shape index (κ1) is 12.4. The number of imidazole rings is 1. The third kappa shape index (κ3) is 2.16. The maximum absolute atomic E-state index is 12.1. The molecule has 0 aliphatic carbocycles. The van der Waals surface area contributed by atoms with Gasteiger partial charge in [-0.15, -0.1) is 0 Å². The van der Waals surface area contributed by atoms with Gasteiger partial charge in [0, 0.05) is 7.05 Å². The molecular weight excluding hydrogens is 230 g/mol. The van der Waals surface area contributed by atoms with E-state index in [2.05, 4.69) is 4.98 Å². The Labute approximate surface area is 106 Å². The van der Waals surface area contributed by atoms with E-state index >= 15 is 0 Å². The molecule has 0 fully saturated rings. The number of hydrogen-bond donors (Lipinski definition) is 1. The van der Waals surface area contributed by atoms with Crippen molar-refractivity contribution in [3.05, 3.63) is 23.8 Å². The average Bonchev–Trinajstić information content (AvgIpc) is 2.52. The van der Waals surface area contributed by atoms with Gasteiger partial charge in [0.05, 0.1) is 16.6 Å². The Morgan fingerprint density at radius 1 is 1.39 bits per heavy atom. The van der Waals surface area contributed by atoms with Gasteiger partial charge >= 0.3 is 5.97 Å². The summed E-state index contributed by atoms with van der Waals surface area (Å²) >= 11 is 0. The summed E-state index contributed by atoms with van der Waals surface area (Å²) in [7, 11) is 1.78. The summed E-state index contributed by atoms with van der Waals surface area (Å²) in [6.45, 7) is 5.51. The van der Waals surface area contributed by atoms with Crippen LogP contribution in [0.2, 0.25) is 0 Å². The molecule has 0 spiro atoms. The normalized spacial score (nSPS) is 11.8. The van der Waals surface area contributed by atoms with E-state index in [4.69, 9.17) is 10.5 Å². The summed E-state index contributed by atoms with van der Waals surface area (Å²) in [5, 5.41) is 0. The number of aromatic nitrogens is 2. The predicted octanol–water partition coefficient (Wildman–Crippen LogP) is 2.11. The molecule has 0 bridgehead atoms. The summed E-state index contributed by atoms with van der Waals surface area (Å²) in [6.07, 6.45) is 0. The Morgan fingerprint density at radius 3 is 2.67 bits per heavy atom. The second-order valence-corrected chi connectivity index (χ2v) is 5.20. The number of fused-ring (bicyclic) bond motifs is 1. The molecule has 0 atom stereocenters. The molecule has 5 heteroatoms. The van der Waals surface area contributed by atoms with Gasteiger partial charge < -0.3 is 15.0 Å². The molecule has 0 aliphatic heterocycles. The monoisotopic (exact) mass is 247 g/mol. The molecule has 2 rings (SSSR count). The third-order valence-electron chi connectivity index (χ3n) is 2.55. The summed E-state index contributed by atoms with van der Waals surface area (Å²) < 4.78 is 7.06. The molecule has 2 N–H and O–H groups in total. The van der Waals surface area contributed by atoms with Crippen molar-refractivity contribution in [2.75, 3.05) is 5.73 Å². The molecule has 0 saturated carbocycles. The van der Waals surface area contributed by atoms with Gasteiger partial charge in [-0.3, -0.25) is 0 Å². The molecule has 2 aromatic rings. The van der Waals surface area contributed by atoms with E-state index in [-0.39, 0.29) is 5.97 Å². The Bertz CT molecular complexity index is 608. The fourth-order valence-electron chi connectivity index (χ4n) is 1.78. The van der Waals surface area contributed by atoms with Crippen LogP contribution in [-0.2, 0) is 11.8 Å². The number of hydrogen-bond acceptors (Lipinski definition) is 4. The van der Waals surface area contributed by atoms with Crippen molar-refractivity contribution in [3.8, 4) is 0 Å². The van der Waals surface area contributed by atoms with Crippen LogP contribution in [0.5, 0.6) is 0 Å². The summed E-state index contributed by atoms with van der Waals surface area (Å²) in [5.41, 5.74) is 7.10. The van der Waals surface area contributed by atoms with Gasteiger partial charge in [0.25, 0.3) is 0 Å². The number of benzene rings is 1. The SMILES string of the molecule is Cn1c(N)nc2cccc(C(=O)OC(C)(C)C)c21. The van der Waals surface area contributed by atoms with Crippen molar-refractivity contribution < 1.29 is 9.53 Å². The van der Waals surface area contributed by atoms with Crippen LogP contribution in [0.4, 0.5) is 5.95 Å². The van der Waals surface area contributed by atoms with Crippen molar-refractivity contribution in [3.63, 3.8) is 0 Å². The van der Waals surface area contributed by atoms with Crippen LogP contribution < -0.4 is 5.73 Å². The molecule has 1 aromatic carbocycles. The van der Waals surface area contributed by atoms with Crippen LogP contribution in [0.1, 0.15) is 31.1 Å². The highest BCUT2D eigenvalue weighted by Gasteiger charge is 2.21. The van der Waals surface area contributed by atoms with Crippen molar-refractivity contribution in [2.45, 2.75) is 26.4 Å². The van der Waals surface area contributed by atoms with Crippen LogP contribution in [-0.4, -0.2) is 21.1 Å². The van der Waals surface area contributed by atoms with Gasteiger partial charge in [-0.2, -0.15) is 0 Å². The number of nitrogens with two attached hydrogens (primary N) is 1. The molecule has 1 heterocycles. The molecule has 0 unspecified atom stereocenters. The first-order valence-electron chi connectivity index (χ1n) is 5.74. The zero-order chi connectivity index (χ0) is 13.5. The standard InChI is InChI=1S/C13H17N3O2/c1-13(2,3)18-11(17)8-6-5-7-9-10(8)16(4)12(14)15-9/h5-7H,1-4H3,(H2,14,15). The van der Waals surface area contributed by atoms with E-state index in [1.54, 1.807) is 23.7 Å². The van der Waals surface area contributed by atoms with Crippen molar-refractivity contribution in [2.24, 2.45) is 7.05 Å². The lowest BCUT2D eigenvalue weighted by Crippen LogP contribution is -2.24. The largest absolute Gasteiger partial charge is 0.456 e. The minimum absolute atomic E-state index is 0.365. The summed E-state index contributed by atoms with van der Waals surface area (Å²) in [4.78, 5) is 16.3. The lowest BCUT2D eigenvalue weighted by Gasteiger charge is -2.19. The Balaban J connectivity index is 2.54. The number of carbonyl (C=O) groups is 1. The number of aryl methyl sites for hydroxylation is 1. The molecule has 96 valence electrons. The molecule has 1 aromatic heterocycles. The van der Waals surface area contributed by atoms with E-state index in [1.807, 2.05) is 26.8 Å². The number of rotatable bonds is 1. The van der Waals surface area contributed by atoms with Gasteiger partial charge in [-0.25, -0.2) is 9.78 Å². The second-order valence-electron chi connectivity index (χ2n) is 5.20. The highest BCUT2D eigenvalue weighted by molar-refractivity contribution is 6.02. The van der Waals surface area contributed by atoms with Gasteiger partial charge in [-0.05, 0) is 32.9 Å². The summed E-state index contributed by atoms with van der Waals surface area (Å²) in [5.74, 6) is 0.0112. The quantitative estimate of drug-likeness (QED) is 0.783. The predicted molar refractivity (Wildman–Crippen MR) is 70.3 cm³/mol. The average molecular weight is 247 g/mol. The topological polar surface area (TPSA) is 70.1 Å². The van der Waals surface area contributed by atoms with Crippen molar-refractivity contribution in [1.29, 1.82) is 0 Å². The fraction of sp³-hybridized carbons (Fsp3) is 0.385. The fourth-order valence-corrected chi connectivity index (χ4v) is 1.78. The van der Waals surface area contributed by atoms with Gasteiger partial charge in [0.1, 0.15) is 5.60 Å². The minimum Gasteiger partial charge on any atom is -0.456 e. The Morgan fingerprint density at radius 2 is 2.06 bits per heavy atom. The lowest BCUT2D eigenvalue weighted by atomic mass is 10.1. The highest BCUT2D eigenvalue weighted by Crippen LogP contribution is 2.22. The van der Waals surface area contributed by atoms with E-state index in [9.17, 15) is 4.79 Å². The van der Waals surface area contributed by atoms with Crippen LogP contribution in [0.3, 0.4) is 0 Å². The van der Waals surface area contributed by atoms with E-state index in [0.717, 1.165) is 0 Å². The number of carbonyl (C=O) groups excluding carboxylic acids is 1. The lowest BCUT2D eigenvalue weighted by molar-refractivity contribution is 0.00714. The van der Waals surface area contributed by atoms with Crippen LogP contribution in [0, 0.1) is 0 Å². The Hall–Kier alpha value is -2.04. The molecule has 0 amide bonds. The van der Waals surface area contributed by atoms with Gasteiger partial charge in [-0.1, -0.05) is 6.07 Å². The minimum atomic E-state index is -0.524. The number of nitrogen functional groups attached to an aromatic ring is 1. The van der Waals surface area contributed by atoms with Crippen LogP contribution in [0.25, 0.3) is 11.0 Å². The number of esters is 1. The maximum Gasteiger partial charge on any atom is 0.340 e. The zero-order valence-corrected chi connectivity index (χ0v) is 11.0.